The van der Waals surface area contributed by atoms with Crippen LogP contribution >= 0.6 is 0 Å². The Balaban J connectivity index is 0.000000171. The molecule has 5 N–H and O–H groups in total. The molecule has 0 saturated carbocycles. The van der Waals surface area contributed by atoms with Crippen molar-refractivity contribution >= 4 is 17.3 Å². The number of nitrogens with two attached hydrogens (primary N) is 2. The van der Waals surface area contributed by atoms with Crippen LogP contribution < -0.4 is 11.5 Å². The van der Waals surface area contributed by atoms with Gasteiger partial charge in [0.1, 0.15) is 0 Å². The van der Waals surface area contributed by atoms with Crippen LogP contribution in [0.25, 0.3) is 0 Å². The average molecular weight is 230 g/mol. The molecule has 0 bridgehead atoms. The smallest absolute Gasteiger partial charge is 0.335 e. The predicted molar refractivity (Wildman–Crippen MR) is 68.7 cm³/mol. The van der Waals surface area contributed by atoms with Gasteiger partial charge in [-0.25, -0.2) is 4.79 Å². The molecule has 4 nitrogen and oxygen atoms in total. The van der Waals surface area contributed by atoms with Crippen LogP contribution in [0.5, 0.6) is 0 Å². The van der Waals surface area contributed by atoms with E-state index in [1.807, 2.05) is 12.1 Å². The Bertz CT molecular complexity index is 463. The van der Waals surface area contributed by atoms with Gasteiger partial charge in [0.2, 0.25) is 0 Å². The number of benzene rings is 2. The summed E-state index contributed by atoms with van der Waals surface area (Å²) in [5.41, 5.74) is 12.4. The van der Waals surface area contributed by atoms with Crippen molar-refractivity contribution in [3.05, 3.63) is 60.2 Å². The third kappa shape index (κ3) is 4.25. The molecule has 0 aliphatic heterocycles. The monoisotopic (exact) mass is 230 g/mol. The van der Waals surface area contributed by atoms with E-state index in [1.54, 1.807) is 42.5 Å². The first kappa shape index (κ1) is 12.6. The van der Waals surface area contributed by atoms with Crippen LogP contribution in [0.1, 0.15) is 10.4 Å². The molecule has 2 rings (SSSR count). The third-order valence-electron chi connectivity index (χ3n) is 2.02. The minimum atomic E-state index is -0.879. The Hall–Kier alpha value is -2.49. The molecule has 2 aromatic rings. The minimum absolute atomic E-state index is 0.331. The van der Waals surface area contributed by atoms with Crippen LogP contribution in [0.3, 0.4) is 0 Å². The average Bonchev–Trinajstić information content (AvgIpc) is 2.35. The van der Waals surface area contributed by atoms with Crippen molar-refractivity contribution < 1.29 is 9.90 Å². The summed E-state index contributed by atoms with van der Waals surface area (Å²) < 4.78 is 0. The lowest BCUT2D eigenvalue weighted by molar-refractivity contribution is 0.0697. The number of hydrogen-bond acceptors (Lipinski definition) is 3. The van der Waals surface area contributed by atoms with Gasteiger partial charge in [-0.05, 0) is 24.3 Å². The van der Waals surface area contributed by atoms with E-state index >= 15 is 0 Å². The van der Waals surface area contributed by atoms with Gasteiger partial charge >= 0.3 is 5.97 Å². The van der Waals surface area contributed by atoms with Gasteiger partial charge in [-0.2, -0.15) is 0 Å². The van der Waals surface area contributed by atoms with E-state index in [4.69, 9.17) is 16.6 Å². The molecule has 0 aliphatic carbocycles. The molecule has 0 saturated heterocycles. The summed E-state index contributed by atoms with van der Waals surface area (Å²) in [5.74, 6) is -0.879. The number of anilines is 2. The van der Waals surface area contributed by atoms with Crippen LogP contribution in [0, 0.1) is 0 Å². The maximum Gasteiger partial charge on any atom is 0.335 e. The van der Waals surface area contributed by atoms with Gasteiger partial charge in [0, 0.05) is 0 Å². The Morgan fingerprint density at radius 2 is 1.24 bits per heavy atom. The summed E-state index contributed by atoms with van der Waals surface area (Å²) in [5, 5.41) is 8.38. The molecule has 0 radical (unpaired) electrons. The Morgan fingerprint density at radius 3 is 1.53 bits per heavy atom. The second-order valence-corrected chi connectivity index (χ2v) is 3.30. The summed E-state index contributed by atoms with van der Waals surface area (Å²) in [6.07, 6.45) is 0. The van der Waals surface area contributed by atoms with Gasteiger partial charge in [0.25, 0.3) is 0 Å². The maximum atomic E-state index is 10.2. The van der Waals surface area contributed by atoms with Crippen molar-refractivity contribution in [2.45, 2.75) is 0 Å². The van der Waals surface area contributed by atoms with Gasteiger partial charge in [-0.1, -0.05) is 30.3 Å². The van der Waals surface area contributed by atoms with Crippen molar-refractivity contribution in [2.24, 2.45) is 0 Å². The molecule has 0 heterocycles. The number of rotatable bonds is 1. The lowest BCUT2D eigenvalue weighted by Crippen LogP contribution is -1.93. The normalized spacial score (nSPS) is 8.94. The molecule has 0 spiro atoms. The fourth-order valence-electron chi connectivity index (χ4n) is 1.09. The van der Waals surface area contributed by atoms with Crippen molar-refractivity contribution in [1.82, 2.24) is 0 Å². The fourth-order valence-corrected chi connectivity index (χ4v) is 1.09. The van der Waals surface area contributed by atoms with Gasteiger partial charge in [0.05, 0.1) is 16.9 Å². The van der Waals surface area contributed by atoms with Crippen LogP contribution in [-0.2, 0) is 0 Å². The number of carbonyl (C=O) groups is 1. The Morgan fingerprint density at radius 1 is 0.824 bits per heavy atom. The van der Waals surface area contributed by atoms with Crippen molar-refractivity contribution in [2.75, 3.05) is 11.5 Å². The summed E-state index contributed by atoms with van der Waals surface area (Å²) in [4.78, 5) is 10.2. The fraction of sp³-hybridized carbons (Fsp3) is 0. The molecule has 0 fully saturated rings. The largest absolute Gasteiger partial charge is 0.478 e. The zero-order chi connectivity index (χ0) is 12.7. The van der Waals surface area contributed by atoms with E-state index in [9.17, 15) is 4.79 Å². The summed E-state index contributed by atoms with van der Waals surface area (Å²) in [6.45, 7) is 0. The van der Waals surface area contributed by atoms with Crippen LogP contribution in [-0.4, -0.2) is 11.1 Å². The summed E-state index contributed by atoms with van der Waals surface area (Å²) in [7, 11) is 0. The molecule has 88 valence electrons. The molecular formula is C13H14N2O2. The highest BCUT2D eigenvalue weighted by Gasteiger charge is 1.96. The summed E-state index contributed by atoms with van der Waals surface area (Å²) in [6, 6.07) is 15.5. The SMILES string of the molecule is Nc1ccccc1N.O=C(O)c1ccccc1. The lowest BCUT2D eigenvalue weighted by atomic mass is 10.2. The van der Waals surface area contributed by atoms with E-state index < -0.39 is 5.97 Å². The topological polar surface area (TPSA) is 89.3 Å². The molecule has 0 atom stereocenters. The van der Waals surface area contributed by atoms with Crippen molar-refractivity contribution in [3.63, 3.8) is 0 Å². The molecule has 2 aromatic carbocycles. The molecular weight excluding hydrogens is 216 g/mol. The van der Waals surface area contributed by atoms with Gasteiger partial charge < -0.3 is 16.6 Å². The molecule has 0 unspecified atom stereocenters. The first-order valence-electron chi connectivity index (χ1n) is 4.99. The second kappa shape index (κ2) is 6.17. The van der Waals surface area contributed by atoms with Crippen molar-refractivity contribution in [1.29, 1.82) is 0 Å². The number of aromatic carboxylic acids is 1. The van der Waals surface area contributed by atoms with E-state index in [0.29, 0.717) is 16.9 Å². The number of carboxylic acid groups (broad SMARTS) is 1. The third-order valence-corrected chi connectivity index (χ3v) is 2.02. The van der Waals surface area contributed by atoms with E-state index in [2.05, 4.69) is 0 Å². The second-order valence-electron chi connectivity index (χ2n) is 3.30. The lowest BCUT2D eigenvalue weighted by Gasteiger charge is -1.94. The van der Waals surface area contributed by atoms with E-state index in [0.717, 1.165) is 0 Å². The summed E-state index contributed by atoms with van der Waals surface area (Å²) >= 11 is 0. The molecule has 0 aromatic heterocycles. The zero-order valence-corrected chi connectivity index (χ0v) is 9.21. The molecule has 0 amide bonds. The number of para-hydroxylation sites is 2. The number of nitrogen functional groups attached to an aromatic ring is 2. The van der Waals surface area contributed by atoms with Gasteiger partial charge in [0.15, 0.2) is 0 Å². The molecule has 4 heteroatoms. The van der Waals surface area contributed by atoms with E-state index in [1.165, 1.54) is 0 Å². The van der Waals surface area contributed by atoms with Crippen molar-refractivity contribution in [3.8, 4) is 0 Å². The van der Waals surface area contributed by atoms with Gasteiger partial charge in [-0.3, -0.25) is 0 Å². The first-order valence-corrected chi connectivity index (χ1v) is 4.99. The molecule has 0 aliphatic rings. The molecule has 17 heavy (non-hydrogen) atoms. The number of carboxylic acids is 1. The van der Waals surface area contributed by atoms with Crippen LogP contribution in [0.2, 0.25) is 0 Å². The standard InChI is InChI=1S/C7H6O2.C6H8N2/c8-7(9)6-4-2-1-3-5-6;7-5-3-1-2-4-6(5)8/h1-5H,(H,8,9);1-4H,7-8H2. The van der Waals surface area contributed by atoms with Crippen LogP contribution in [0.15, 0.2) is 54.6 Å². The highest BCUT2D eigenvalue weighted by molar-refractivity contribution is 5.87. The Labute approximate surface area is 99.5 Å². The maximum absolute atomic E-state index is 10.2. The zero-order valence-electron chi connectivity index (χ0n) is 9.21. The van der Waals surface area contributed by atoms with E-state index in [-0.39, 0.29) is 0 Å². The van der Waals surface area contributed by atoms with Crippen LogP contribution in [0.4, 0.5) is 11.4 Å². The van der Waals surface area contributed by atoms with Gasteiger partial charge in [-0.15, -0.1) is 0 Å². The Kier molecular flexibility index (Phi) is 4.57. The first-order chi connectivity index (χ1) is 8.11. The highest BCUT2D eigenvalue weighted by Crippen LogP contribution is 2.10. The minimum Gasteiger partial charge on any atom is -0.478 e. The predicted octanol–water partition coefficient (Wildman–Crippen LogP) is 2.24. The quantitative estimate of drug-likeness (QED) is 0.655. The number of hydrogen-bond donors (Lipinski definition) is 3. The highest BCUT2D eigenvalue weighted by atomic mass is 16.4.